The number of thioether (sulfide) groups is 1. The molecule has 1 aromatic carbocycles. The van der Waals surface area contributed by atoms with Crippen molar-refractivity contribution in [3.63, 3.8) is 0 Å². The summed E-state index contributed by atoms with van der Waals surface area (Å²) in [6.45, 7) is 6.08. The van der Waals surface area contributed by atoms with E-state index >= 15 is 0 Å². The van der Waals surface area contributed by atoms with E-state index in [0.717, 1.165) is 42.6 Å². The van der Waals surface area contributed by atoms with E-state index < -0.39 is 0 Å². The van der Waals surface area contributed by atoms with E-state index in [2.05, 4.69) is 25.2 Å². The standard InChI is InChI=1S/C22H25N3OS/c1-14(2)18-9-5-7-11-20(18)24-21(26)15(3)27-22-17(13-23)12-16-8-4-6-10-19(16)25-22/h5,7,9,11-12,14-15H,4,6,8,10H2,1-3H3,(H,24,26). The lowest BCUT2D eigenvalue weighted by atomic mass is 9.95. The Labute approximate surface area is 165 Å². The van der Waals surface area contributed by atoms with Gasteiger partial charge in [0.05, 0.1) is 10.8 Å². The van der Waals surface area contributed by atoms with Crippen molar-refractivity contribution in [2.24, 2.45) is 0 Å². The zero-order chi connectivity index (χ0) is 19.4. The van der Waals surface area contributed by atoms with E-state index in [-0.39, 0.29) is 11.2 Å². The molecule has 0 saturated carbocycles. The number of benzene rings is 1. The van der Waals surface area contributed by atoms with Gasteiger partial charge in [0.25, 0.3) is 0 Å². The molecule has 1 aromatic heterocycles. The molecule has 0 spiro atoms. The van der Waals surface area contributed by atoms with Gasteiger partial charge in [-0.15, -0.1) is 0 Å². The average molecular weight is 380 g/mol. The molecule has 140 valence electrons. The van der Waals surface area contributed by atoms with Crippen LogP contribution in [-0.4, -0.2) is 16.1 Å². The van der Waals surface area contributed by atoms with Crippen LogP contribution in [0.25, 0.3) is 0 Å². The zero-order valence-electron chi connectivity index (χ0n) is 16.1. The minimum Gasteiger partial charge on any atom is -0.325 e. The first-order chi connectivity index (χ1) is 13.0. The Balaban J connectivity index is 1.76. The molecule has 27 heavy (non-hydrogen) atoms. The van der Waals surface area contributed by atoms with Crippen LogP contribution in [0.4, 0.5) is 5.69 Å². The number of nitriles is 1. The van der Waals surface area contributed by atoms with E-state index in [9.17, 15) is 10.1 Å². The summed E-state index contributed by atoms with van der Waals surface area (Å²) in [4.78, 5) is 17.5. The first kappa shape index (κ1) is 19.4. The Morgan fingerprint density at radius 3 is 2.70 bits per heavy atom. The maximum Gasteiger partial charge on any atom is 0.237 e. The van der Waals surface area contributed by atoms with Crippen molar-refractivity contribution in [2.75, 3.05) is 5.32 Å². The average Bonchev–Trinajstić information content (AvgIpc) is 2.67. The number of aromatic nitrogens is 1. The van der Waals surface area contributed by atoms with Crippen LogP contribution < -0.4 is 5.32 Å². The lowest BCUT2D eigenvalue weighted by Crippen LogP contribution is -2.23. The van der Waals surface area contributed by atoms with Gasteiger partial charge in [-0.25, -0.2) is 4.98 Å². The highest BCUT2D eigenvalue weighted by Gasteiger charge is 2.21. The fraction of sp³-hybridized carbons (Fsp3) is 0.409. The summed E-state index contributed by atoms with van der Waals surface area (Å²) in [5, 5.41) is 12.9. The molecular formula is C22H25N3OS. The van der Waals surface area contributed by atoms with Crippen LogP contribution in [0.15, 0.2) is 35.4 Å². The first-order valence-electron chi connectivity index (χ1n) is 9.49. The molecule has 0 saturated heterocycles. The highest BCUT2D eigenvalue weighted by atomic mass is 32.2. The number of nitrogens with zero attached hydrogens (tertiary/aromatic N) is 2. The third-order valence-corrected chi connectivity index (χ3v) is 5.99. The van der Waals surface area contributed by atoms with Crippen molar-refractivity contribution in [3.8, 4) is 6.07 Å². The summed E-state index contributed by atoms with van der Waals surface area (Å²) >= 11 is 1.36. The molecule has 1 atom stereocenters. The Morgan fingerprint density at radius 2 is 1.96 bits per heavy atom. The molecule has 1 unspecified atom stereocenters. The number of hydrogen-bond acceptors (Lipinski definition) is 4. The van der Waals surface area contributed by atoms with E-state index in [1.165, 1.54) is 17.3 Å². The quantitative estimate of drug-likeness (QED) is 0.736. The molecule has 0 fully saturated rings. The Morgan fingerprint density at radius 1 is 1.22 bits per heavy atom. The second-order valence-electron chi connectivity index (χ2n) is 7.26. The van der Waals surface area contributed by atoms with Crippen LogP contribution >= 0.6 is 11.8 Å². The summed E-state index contributed by atoms with van der Waals surface area (Å²) < 4.78 is 0. The SMILES string of the molecule is CC(Sc1nc2c(cc1C#N)CCCC2)C(=O)Nc1ccccc1C(C)C. The van der Waals surface area contributed by atoms with Gasteiger partial charge < -0.3 is 5.32 Å². The lowest BCUT2D eigenvalue weighted by molar-refractivity contribution is -0.115. The Kier molecular flexibility index (Phi) is 6.18. The maximum absolute atomic E-state index is 12.7. The first-order valence-corrected chi connectivity index (χ1v) is 10.4. The molecular weight excluding hydrogens is 354 g/mol. The molecule has 1 heterocycles. The minimum absolute atomic E-state index is 0.0727. The Hall–Kier alpha value is -2.32. The maximum atomic E-state index is 12.7. The number of anilines is 1. The van der Waals surface area contributed by atoms with E-state index in [1.54, 1.807) is 0 Å². The number of para-hydroxylation sites is 1. The van der Waals surface area contributed by atoms with Crippen molar-refractivity contribution in [2.45, 2.75) is 62.6 Å². The molecule has 2 aromatic rings. The third kappa shape index (κ3) is 4.51. The van der Waals surface area contributed by atoms with Crippen molar-refractivity contribution in [3.05, 3.63) is 52.7 Å². The van der Waals surface area contributed by atoms with E-state index in [0.29, 0.717) is 16.5 Å². The molecule has 1 aliphatic carbocycles. The molecule has 1 amide bonds. The van der Waals surface area contributed by atoms with Crippen molar-refractivity contribution < 1.29 is 4.79 Å². The lowest BCUT2D eigenvalue weighted by Gasteiger charge is -2.19. The van der Waals surface area contributed by atoms with Crippen LogP contribution in [0.5, 0.6) is 0 Å². The number of amides is 1. The number of carbonyl (C=O) groups excluding carboxylic acids is 1. The van der Waals surface area contributed by atoms with Gasteiger partial charge >= 0.3 is 0 Å². The molecule has 5 heteroatoms. The fourth-order valence-corrected chi connectivity index (χ4v) is 4.25. The Bertz CT molecular complexity index is 886. The number of carbonyl (C=O) groups is 1. The van der Waals surface area contributed by atoms with Gasteiger partial charge in [-0.3, -0.25) is 4.79 Å². The van der Waals surface area contributed by atoms with Crippen LogP contribution in [-0.2, 0) is 17.6 Å². The second-order valence-corrected chi connectivity index (χ2v) is 8.59. The van der Waals surface area contributed by atoms with Gasteiger partial charge in [0.1, 0.15) is 11.1 Å². The third-order valence-electron chi connectivity index (χ3n) is 4.88. The predicted molar refractivity (Wildman–Crippen MR) is 110 cm³/mol. The fourth-order valence-electron chi connectivity index (χ4n) is 3.35. The van der Waals surface area contributed by atoms with E-state index in [1.807, 2.05) is 37.3 Å². The summed E-state index contributed by atoms with van der Waals surface area (Å²) in [6, 6.07) is 12.1. The monoisotopic (exact) mass is 379 g/mol. The van der Waals surface area contributed by atoms with Gasteiger partial charge in [-0.1, -0.05) is 43.8 Å². The summed E-state index contributed by atoms with van der Waals surface area (Å²) in [7, 11) is 0. The summed E-state index contributed by atoms with van der Waals surface area (Å²) in [5.41, 5.74) is 4.81. The number of nitrogens with one attached hydrogen (secondary N) is 1. The van der Waals surface area contributed by atoms with Gasteiger partial charge in [-0.2, -0.15) is 5.26 Å². The van der Waals surface area contributed by atoms with Crippen LogP contribution in [0.3, 0.4) is 0 Å². The van der Waals surface area contributed by atoms with Crippen LogP contribution in [0.1, 0.15) is 61.9 Å². The number of hydrogen-bond donors (Lipinski definition) is 1. The van der Waals surface area contributed by atoms with Gasteiger partial charge in [-0.05, 0) is 61.8 Å². The molecule has 3 rings (SSSR count). The van der Waals surface area contributed by atoms with Crippen molar-refractivity contribution in [1.29, 1.82) is 5.26 Å². The second kappa shape index (κ2) is 8.58. The van der Waals surface area contributed by atoms with E-state index in [4.69, 9.17) is 4.98 Å². The molecule has 0 aliphatic heterocycles. The number of fused-ring (bicyclic) bond motifs is 1. The molecule has 0 radical (unpaired) electrons. The van der Waals surface area contributed by atoms with Crippen LogP contribution in [0.2, 0.25) is 0 Å². The summed E-state index contributed by atoms with van der Waals surface area (Å²) in [5.74, 6) is 0.258. The number of rotatable bonds is 5. The highest BCUT2D eigenvalue weighted by Crippen LogP contribution is 2.31. The highest BCUT2D eigenvalue weighted by molar-refractivity contribution is 8.00. The molecule has 1 N–H and O–H groups in total. The van der Waals surface area contributed by atoms with Crippen LogP contribution in [0, 0.1) is 11.3 Å². The van der Waals surface area contributed by atoms with Crippen molar-refractivity contribution in [1.82, 2.24) is 4.98 Å². The predicted octanol–water partition coefficient (Wildman–Crippen LogP) is 5.07. The molecule has 0 bridgehead atoms. The topological polar surface area (TPSA) is 65.8 Å². The summed E-state index contributed by atoms with van der Waals surface area (Å²) in [6.07, 6.45) is 4.24. The zero-order valence-corrected chi connectivity index (χ0v) is 16.9. The van der Waals surface area contributed by atoms with Crippen molar-refractivity contribution >= 4 is 23.4 Å². The molecule has 4 nitrogen and oxygen atoms in total. The minimum atomic E-state index is -0.341. The molecule has 1 aliphatic rings. The van der Waals surface area contributed by atoms with Gasteiger partial charge in [0.2, 0.25) is 5.91 Å². The normalized spacial score (nSPS) is 14.3. The van der Waals surface area contributed by atoms with Gasteiger partial charge in [0.15, 0.2) is 0 Å². The number of aryl methyl sites for hydroxylation is 2. The largest absolute Gasteiger partial charge is 0.325 e. The number of pyridine rings is 1. The smallest absolute Gasteiger partial charge is 0.237 e. The van der Waals surface area contributed by atoms with Gasteiger partial charge in [0, 0.05) is 11.4 Å².